The molecule has 0 saturated heterocycles. The van der Waals surface area contributed by atoms with Crippen LogP contribution >= 0.6 is 23.5 Å². The van der Waals surface area contributed by atoms with Crippen molar-refractivity contribution in [2.45, 2.75) is 42.7 Å². The standard InChI is InChI=1S/C12H16F2S2/c1-6(2)16-12-8(4)7(3)11(15-5)9(13)10(12)14/h6H,1-5H3. The molecule has 16 heavy (non-hydrogen) atoms. The quantitative estimate of drug-likeness (QED) is 0.717. The fourth-order valence-corrected chi connectivity index (χ4v) is 3.21. The van der Waals surface area contributed by atoms with Gasteiger partial charge in [0.05, 0.1) is 0 Å². The van der Waals surface area contributed by atoms with Crippen LogP contribution in [0.4, 0.5) is 8.78 Å². The molecule has 0 unspecified atom stereocenters. The van der Waals surface area contributed by atoms with Gasteiger partial charge in [0.25, 0.3) is 0 Å². The van der Waals surface area contributed by atoms with Gasteiger partial charge in [0.15, 0.2) is 11.6 Å². The first-order chi connectivity index (χ1) is 7.40. The van der Waals surface area contributed by atoms with Crippen LogP contribution in [0.5, 0.6) is 0 Å². The Morgan fingerprint density at radius 3 is 1.81 bits per heavy atom. The van der Waals surface area contributed by atoms with Crippen molar-refractivity contribution in [2.24, 2.45) is 0 Å². The smallest absolute Gasteiger partial charge is 0.173 e. The molecule has 0 nitrogen and oxygen atoms in total. The average molecular weight is 262 g/mol. The van der Waals surface area contributed by atoms with Crippen molar-refractivity contribution >= 4 is 23.5 Å². The Kier molecular flexibility index (Phi) is 4.68. The zero-order valence-corrected chi connectivity index (χ0v) is 11.8. The molecule has 0 aliphatic carbocycles. The summed E-state index contributed by atoms with van der Waals surface area (Å²) in [6.07, 6.45) is 1.76. The second-order valence-corrected chi connectivity index (χ2v) is 6.31. The van der Waals surface area contributed by atoms with Crippen molar-refractivity contribution in [2.75, 3.05) is 6.26 Å². The van der Waals surface area contributed by atoms with E-state index in [1.165, 1.54) is 23.5 Å². The molecule has 0 atom stereocenters. The predicted octanol–water partition coefficient (Wildman–Crippen LogP) is 4.80. The minimum Gasteiger partial charge on any atom is -0.202 e. The van der Waals surface area contributed by atoms with Crippen molar-refractivity contribution < 1.29 is 8.78 Å². The Bertz CT molecular complexity index is 371. The van der Waals surface area contributed by atoms with Gasteiger partial charge < -0.3 is 0 Å². The summed E-state index contributed by atoms with van der Waals surface area (Å²) in [5.41, 5.74) is 1.69. The van der Waals surface area contributed by atoms with Crippen LogP contribution in [0.1, 0.15) is 25.0 Å². The third-order valence-corrected chi connectivity index (χ3v) is 4.48. The second-order valence-electron chi connectivity index (χ2n) is 3.91. The van der Waals surface area contributed by atoms with Crippen LogP contribution in [0.15, 0.2) is 9.79 Å². The summed E-state index contributed by atoms with van der Waals surface area (Å²) in [5.74, 6) is -1.41. The maximum atomic E-state index is 13.8. The Labute approximate surface area is 104 Å². The molecule has 0 heterocycles. The van der Waals surface area contributed by atoms with Crippen LogP contribution in [0, 0.1) is 25.5 Å². The second kappa shape index (κ2) is 5.41. The number of benzene rings is 1. The summed E-state index contributed by atoms with van der Waals surface area (Å²) < 4.78 is 27.6. The van der Waals surface area contributed by atoms with Crippen LogP contribution in [-0.2, 0) is 0 Å². The van der Waals surface area contributed by atoms with Gasteiger partial charge in [-0.3, -0.25) is 0 Å². The lowest BCUT2D eigenvalue weighted by molar-refractivity contribution is 0.471. The van der Waals surface area contributed by atoms with E-state index in [9.17, 15) is 8.78 Å². The molecule has 0 saturated carbocycles. The topological polar surface area (TPSA) is 0 Å². The SMILES string of the molecule is CSc1c(C)c(C)c(SC(C)C)c(F)c1F. The predicted molar refractivity (Wildman–Crippen MR) is 68.6 cm³/mol. The molecule has 1 aromatic rings. The largest absolute Gasteiger partial charge is 0.202 e. The maximum Gasteiger partial charge on any atom is 0.173 e. The number of hydrogen-bond donors (Lipinski definition) is 0. The van der Waals surface area contributed by atoms with Crippen LogP contribution in [-0.4, -0.2) is 11.5 Å². The average Bonchev–Trinajstić information content (AvgIpc) is 2.22. The van der Waals surface area contributed by atoms with Gasteiger partial charge in [0.2, 0.25) is 0 Å². The monoisotopic (exact) mass is 262 g/mol. The number of hydrogen-bond acceptors (Lipinski definition) is 2. The van der Waals surface area contributed by atoms with Gasteiger partial charge in [-0.05, 0) is 31.2 Å². The fraction of sp³-hybridized carbons (Fsp3) is 0.500. The van der Waals surface area contributed by atoms with Crippen molar-refractivity contribution in [3.63, 3.8) is 0 Å². The fourth-order valence-electron chi connectivity index (χ4n) is 1.49. The summed E-state index contributed by atoms with van der Waals surface area (Å²) in [5, 5.41) is 0.243. The Morgan fingerprint density at radius 2 is 1.38 bits per heavy atom. The van der Waals surface area contributed by atoms with Crippen LogP contribution < -0.4 is 0 Å². The van der Waals surface area contributed by atoms with Crippen molar-refractivity contribution in [3.05, 3.63) is 22.8 Å². The Balaban J connectivity index is 3.41. The molecule has 0 N–H and O–H groups in total. The highest BCUT2D eigenvalue weighted by Crippen LogP contribution is 2.37. The molecular weight excluding hydrogens is 246 g/mol. The van der Waals surface area contributed by atoms with Crippen molar-refractivity contribution in [1.29, 1.82) is 0 Å². The third-order valence-electron chi connectivity index (χ3n) is 2.39. The molecule has 90 valence electrons. The number of thioether (sulfide) groups is 2. The molecule has 0 aromatic heterocycles. The highest BCUT2D eigenvalue weighted by Gasteiger charge is 2.20. The van der Waals surface area contributed by atoms with Gasteiger partial charge in [0.1, 0.15) is 0 Å². The van der Waals surface area contributed by atoms with E-state index >= 15 is 0 Å². The van der Waals surface area contributed by atoms with E-state index in [4.69, 9.17) is 0 Å². The van der Waals surface area contributed by atoms with E-state index in [-0.39, 0.29) is 5.25 Å². The maximum absolute atomic E-state index is 13.8. The highest BCUT2D eigenvalue weighted by atomic mass is 32.2. The molecule has 0 aliphatic rings. The van der Waals surface area contributed by atoms with E-state index in [2.05, 4.69) is 0 Å². The lowest BCUT2D eigenvalue weighted by atomic mass is 10.1. The minimum absolute atomic E-state index is 0.243. The van der Waals surface area contributed by atoms with Crippen LogP contribution in [0.2, 0.25) is 0 Å². The molecule has 1 aromatic carbocycles. The van der Waals surface area contributed by atoms with Gasteiger partial charge in [-0.2, -0.15) is 0 Å². The first-order valence-electron chi connectivity index (χ1n) is 5.08. The van der Waals surface area contributed by atoms with Crippen molar-refractivity contribution in [3.8, 4) is 0 Å². The molecule has 4 heteroatoms. The molecule has 0 aliphatic heterocycles. The molecule has 0 radical (unpaired) electrons. The minimum atomic E-state index is -0.709. The van der Waals surface area contributed by atoms with Gasteiger partial charge in [-0.25, -0.2) is 8.78 Å². The van der Waals surface area contributed by atoms with Crippen LogP contribution in [0.25, 0.3) is 0 Å². The van der Waals surface area contributed by atoms with E-state index in [1.807, 2.05) is 27.7 Å². The number of halogens is 2. The number of rotatable bonds is 3. The van der Waals surface area contributed by atoms with E-state index in [0.717, 1.165) is 11.1 Å². The van der Waals surface area contributed by atoms with Crippen molar-refractivity contribution in [1.82, 2.24) is 0 Å². The first-order valence-corrected chi connectivity index (χ1v) is 7.19. The lowest BCUT2D eigenvalue weighted by Gasteiger charge is -2.15. The molecule has 1 rings (SSSR count). The van der Waals surface area contributed by atoms with Gasteiger partial charge in [-0.1, -0.05) is 13.8 Å². The molecule has 0 amide bonds. The highest BCUT2D eigenvalue weighted by molar-refractivity contribution is 8.00. The molecule has 0 bridgehead atoms. The summed E-state index contributed by atoms with van der Waals surface area (Å²) in [7, 11) is 0. The third kappa shape index (κ3) is 2.54. The van der Waals surface area contributed by atoms with E-state index in [1.54, 1.807) is 6.26 Å². The molecule has 0 fully saturated rings. The summed E-state index contributed by atoms with van der Waals surface area (Å²) in [6.45, 7) is 7.63. The Morgan fingerprint density at radius 1 is 0.938 bits per heavy atom. The Hall–Kier alpha value is -0.220. The molecular formula is C12H16F2S2. The van der Waals surface area contributed by atoms with Gasteiger partial charge >= 0.3 is 0 Å². The zero-order valence-electron chi connectivity index (χ0n) is 10.1. The van der Waals surface area contributed by atoms with E-state index in [0.29, 0.717) is 9.79 Å². The van der Waals surface area contributed by atoms with E-state index < -0.39 is 11.6 Å². The normalized spacial score (nSPS) is 11.2. The molecule has 0 spiro atoms. The zero-order chi connectivity index (χ0) is 12.5. The summed E-state index contributed by atoms with van der Waals surface area (Å²) in [6, 6.07) is 0. The lowest BCUT2D eigenvalue weighted by Crippen LogP contribution is -2.01. The summed E-state index contributed by atoms with van der Waals surface area (Å²) in [4.78, 5) is 0.867. The van der Waals surface area contributed by atoms with Crippen LogP contribution in [0.3, 0.4) is 0 Å². The van der Waals surface area contributed by atoms with Gasteiger partial charge in [0, 0.05) is 15.0 Å². The van der Waals surface area contributed by atoms with Gasteiger partial charge in [-0.15, -0.1) is 23.5 Å². The first kappa shape index (κ1) is 13.8. The summed E-state index contributed by atoms with van der Waals surface area (Å²) >= 11 is 2.63.